The van der Waals surface area contributed by atoms with Gasteiger partial charge in [-0.2, -0.15) is 0 Å². The zero-order chi connectivity index (χ0) is 17.6. The highest BCUT2D eigenvalue weighted by Crippen LogP contribution is 2.18. The van der Waals surface area contributed by atoms with Crippen molar-refractivity contribution in [3.63, 3.8) is 0 Å². The maximum atomic E-state index is 12.6. The van der Waals surface area contributed by atoms with Crippen molar-refractivity contribution < 1.29 is 14.1 Å². The SMILES string of the molecule is CC(C)Cc1cc(C(=O)N2CCCC(OCc3ccccn3)C2)on1. The van der Waals surface area contributed by atoms with Gasteiger partial charge in [-0.25, -0.2) is 0 Å². The molecule has 25 heavy (non-hydrogen) atoms. The first kappa shape index (κ1) is 17.6. The number of nitrogens with zero attached hydrogens (tertiary/aromatic N) is 3. The first-order valence-electron chi connectivity index (χ1n) is 8.88. The van der Waals surface area contributed by atoms with Crippen LogP contribution in [0.3, 0.4) is 0 Å². The third kappa shape index (κ3) is 4.89. The Morgan fingerprint density at radius 2 is 2.28 bits per heavy atom. The molecule has 2 aromatic heterocycles. The molecule has 1 saturated heterocycles. The second-order valence-electron chi connectivity index (χ2n) is 6.93. The summed E-state index contributed by atoms with van der Waals surface area (Å²) < 4.78 is 11.2. The Morgan fingerprint density at radius 3 is 3.04 bits per heavy atom. The summed E-state index contributed by atoms with van der Waals surface area (Å²) in [6.45, 7) is 6.00. The molecule has 0 N–H and O–H groups in total. The van der Waals surface area contributed by atoms with Crippen LogP contribution in [0.25, 0.3) is 0 Å². The number of pyridine rings is 1. The Bertz CT molecular complexity index is 684. The van der Waals surface area contributed by atoms with Gasteiger partial charge in [0, 0.05) is 25.4 Å². The summed E-state index contributed by atoms with van der Waals surface area (Å²) in [4.78, 5) is 18.7. The molecule has 2 aromatic rings. The first-order chi connectivity index (χ1) is 12.1. The van der Waals surface area contributed by atoms with Gasteiger partial charge in [0.25, 0.3) is 5.91 Å². The van der Waals surface area contributed by atoms with E-state index in [-0.39, 0.29) is 12.0 Å². The lowest BCUT2D eigenvalue weighted by atomic mass is 10.1. The van der Waals surface area contributed by atoms with Gasteiger partial charge in [-0.1, -0.05) is 25.1 Å². The zero-order valence-corrected chi connectivity index (χ0v) is 14.9. The van der Waals surface area contributed by atoms with E-state index in [1.807, 2.05) is 18.2 Å². The van der Waals surface area contributed by atoms with Crippen LogP contribution in [0.5, 0.6) is 0 Å². The van der Waals surface area contributed by atoms with E-state index in [0.717, 1.165) is 37.2 Å². The summed E-state index contributed by atoms with van der Waals surface area (Å²) in [5.74, 6) is 0.696. The number of aromatic nitrogens is 2. The van der Waals surface area contributed by atoms with Crippen LogP contribution in [-0.2, 0) is 17.8 Å². The summed E-state index contributed by atoms with van der Waals surface area (Å²) >= 11 is 0. The molecule has 1 amide bonds. The van der Waals surface area contributed by atoms with Gasteiger partial charge in [0.15, 0.2) is 0 Å². The molecule has 0 bridgehead atoms. The minimum absolute atomic E-state index is 0.0257. The second-order valence-corrected chi connectivity index (χ2v) is 6.93. The summed E-state index contributed by atoms with van der Waals surface area (Å²) in [5, 5.41) is 4.01. The number of carbonyl (C=O) groups is 1. The Balaban J connectivity index is 1.55. The normalized spacial score (nSPS) is 17.9. The highest BCUT2D eigenvalue weighted by Gasteiger charge is 2.27. The number of hydrogen-bond acceptors (Lipinski definition) is 5. The number of rotatable bonds is 6. The van der Waals surface area contributed by atoms with Crippen LogP contribution >= 0.6 is 0 Å². The Kier molecular flexibility index (Phi) is 5.81. The maximum absolute atomic E-state index is 12.6. The molecule has 3 rings (SSSR count). The van der Waals surface area contributed by atoms with E-state index in [1.165, 1.54) is 0 Å². The average Bonchev–Trinajstić information content (AvgIpc) is 3.08. The number of ether oxygens (including phenoxy) is 1. The lowest BCUT2D eigenvalue weighted by molar-refractivity contribution is -0.00884. The molecule has 0 aliphatic carbocycles. The summed E-state index contributed by atoms with van der Waals surface area (Å²) in [5.41, 5.74) is 1.73. The van der Waals surface area contributed by atoms with Crippen LogP contribution in [0.1, 0.15) is 48.6 Å². The van der Waals surface area contributed by atoms with Gasteiger partial charge in [-0.05, 0) is 37.3 Å². The Morgan fingerprint density at radius 1 is 1.40 bits per heavy atom. The number of carbonyl (C=O) groups excluding carboxylic acids is 1. The average molecular weight is 343 g/mol. The van der Waals surface area contributed by atoms with Crippen LogP contribution in [-0.4, -0.2) is 40.1 Å². The summed E-state index contributed by atoms with van der Waals surface area (Å²) in [6.07, 6.45) is 4.47. The highest BCUT2D eigenvalue weighted by atomic mass is 16.5. The quantitative estimate of drug-likeness (QED) is 0.806. The van der Waals surface area contributed by atoms with Crippen LogP contribution in [0.15, 0.2) is 35.0 Å². The van der Waals surface area contributed by atoms with Gasteiger partial charge in [-0.15, -0.1) is 0 Å². The first-order valence-corrected chi connectivity index (χ1v) is 8.88. The molecule has 1 aliphatic heterocycles. The molecule has 0 aromatic carbocycles. The zero-order valence-electron chi connectivity index (χ0n) is 14.9. The van der Waals surface area contributed by atoms with Crippen molar-refractivity contribution in [2.75, 3.05) is 13.1 Å². The third-order valence-electron chi connectivity index (χ3n) is 4.25. The molecule has 3 heterocycles. The lowest BCUT2D eigenvalue weighted by Crippen LogP contribution is -2.43. The molecular formula is C19H25N3O3. The van der Waals surface area contributed by atoms with Crippen molar-refractivity contribution in [3.05, 3.63) is 47.6 Å². The van der Waals surface area contributed by atoms with Gasteiger partial charge in [0.1, 0.15) is 0 Å². The second kappa shape index (κ2) is 8.25. The molecule has 1 atom stereocenters. The van der Waals surface area contributed by atoms with Crippen LogP contribution in [0.4, 0.5) is 0 Å². The molecule has 0 spiro atoms. The van der Waals surface area contributed by atoms with E-state index in [1.54, 1.807) is 17.2 Å². The van der Waals surface area contributed by atoms with Gasteiger partial charge < -0.3 is 14.2 Å². The van der Waals surface area contributed by atoms with Crippen molar-refractivity contribution in [1.29, 1.82) is 0 Å². The molecule has 6 heteroatoms. The largest absolute Gasteiger partial charge is 0.370 e. The fraction of sp³-hybridized carbons (Fsp3) is 0.526. The highest BCUT2D eigenvalue weighted by molar-refractivity contribution is 5.91. The number of piperidine rings is 1. The predicted molar refractivity (Wildman–Crippen MR) is 93.0 cm³/mol. The fourth-order valence-corrected chi connectivity index (χ4v) is 3.03. The van der Waals surface area contributed by atoms with Crippen molar-refractivity contribution in [3.8, 4) is 0 Å². The lowest BCUT2D eigenvalue weighted by Gasteiger charge is -2.31. The molecule has 1 aliphatic rings. The van der Waals surface area contributed by atoms with Gasteiger partial charge in [-0.3, -0.25) is 9.78 Å². The van der Waals surface area contributed by atoms with E-state index < -0.39 is 0 Å². The van der Waals surface area contributed by atoms with Crippen molar-refractivity contribution in [2.24, 2.45) is 5.92 Å². The maximum Gasteiger partial charge on any atom is 0.292 e. The number of likely N-dealkylation sites (tertiary alicyclic amines) is 1. The summed E-state index contributed by atoms with van der Waals surface area (Å²) in [7, 11) is 0. The fourth-order valence-electron chi connectivity index (χ4n) is 3.03. The van der Waals surface area contributed by atoms with Crippen molar-refractivity contribution >= 4 is 5.91 Å². The Labute approximate surface area is 148 Å². The van der Waals surface area contributed by atoms with Crippen LogP contribution in [0.2, 0.25) is 0 Å². The van der Waals surface area contributed by atoms with Gasteiger partial charge in [0.05, 0.1) is 24.1 Å². The van der Waals surface area contributed by atoms with E-state index in [2.05, 4.69) is 24.0 Å². The summed E-state index contributed by atoms with van der Waals surface area (Å²) in [6, 6.07) is 7.54. The number of amides is 1. The van der Waals surface area contributed by atoms with Crippen LogP contribution in [0, 0.1) is 5.92 Å². The predicted octanol–water partition coefficient (Wildman–Crippen LogP) is 3.09. The standard InChI is InChI=1S/C19H25N3O3/c1-14(2)10-16-11-18(25-21-16)19(23)22-9-5-7-17(12-22)24-13-15-6-3-4-8-20-15/h3-4,6,8,11,14,17H,5,7,9-10,12-13H2,1-2H3. The van der Waals surface area contributed by atoms with E-state index >= 15 is 0 Å². The minimum Gasteiger partial charge on any atom is -0.370 e. The minimum atomic E-state index is -0.103. The van der Waals surface area contributed by atoms with Gasteiger partial charge >= 0.3 is 0 Å². The van der Waals surface area contributed by atoms with Crippen molar-refractivity contribution in [2.45, 2.75) is 45.8 Å². The molecule has 0 radical (unpaired) electrons. The monoisotopic (exact) mass is 343 g/mol. The molecule has 134 valence electrons. The van der Waals surface area contributed by atoms with Gasteiger partial charge in [0.2, 0.25) is 5.76 Å². The molecule has 0 saturated carbocycles. The van der Waals surface area contributed by atoms with E-state index in [4.69, 9.17) is 9.26 Å². The van der Waals surface area contributed by atoms with Crippen molar-refractivity contribution in [1.82, 2.24) is 15.0 Å². The third-order valence-corrected chi connectivity index (χ3v) is 4.25. The Hall–Kier alpha value is -2.21. The van der Waals surface area contributed by atoms with E-state index in [0.29, 0.717) is 24.8 Å². The topological polar surface area (TPSA) is 68.5 Å². The molecular weight excluding hydrogens is 318 g/mol. The smallest absolute Gasteiger partial charge is 0.292 e. The van der Waals surface area contributed by atoms with E-state index in [9.17, 15) is 4.79 Å². The molecule has 1 unspecified atom stereocenters. The molecule has 6 nitrogen and oxygen atoms in total. The van der Waals surface area contributed by atoms with Crippen LogP contribution < -0.4 is 0 Å². The molecule has 1 fully saturated rings. The number of hydrogen-bond donors (Lipinski definition) is 0.